The van der Waals surface area contributed by atoms with E-state index in [0.29, 0.717) is 0 Å². The lowest BCUT2D eigenvalue weighted by Gasteiger charge is -2.20. The Morgan fingerprint density at radius 3 is 2.41 bits per heavy atom. The molecule has 0 aliphatic rings. The summed E-state index contributed by atoms with van der Waals surface area (Å²) in [6, 6.07) is 6.27. The molecular formula is C13H15BrN2S. The summed E-state index contributed by atoms with van der Waals surface area (Å²) in [7, 11) is 2.04. The fourth-order valence-corrected chi connectivity index (χ4v) is 3.11. The van der Waals surface area contributed by atoms with Gasteiger partial charge in [-0.05, 0) is 59.1 Å². The molecule has 1 aromatic carbocycles. The van der Waals surface area contributed by atoms with Crippen molar-refractivity contribution in [1.82, 2.24) is 0 Å². The molecule has 2 rings (SSSR count). The van der Waals surface area contributed by atoms with Crippen molar-refractivity contribution >= 4 is 43.6 Å². The predicted molar refractivity (Wildman–Crippen MR) is 80.4 cm³/mol. The lowest BCUT2D eigenvalue weighted by molar-refractivity contribution is 1.22. The minimum Gasteiger partial charge on any atom is -0.397 e. The molecule has 0 aliphatic heterocycles. The normalized spacial score (nSPS) is 10.6. The molecule has 0 amide bonds. The van der Waals surface area contributed by atoms with Crippen LogP contribution in [0.5, 0.6) is 0 Å². The first kappa shape index (κ1) is 12.5. The Bertz CT molecular complexity index is 548. The van der Waals surface area contributed by atoms with Crippen LogP contribution in [0.15, 0.2) is 28.1 Å². The molecule has 4 heteroatoms. The summed E-state index contributed by atoms with van der Waals surface area (Å²) in [4.78, 5) is 2.12. The highest BCUT2D eigenvalue weighted by atomic mass is 79.9. The topological polar surface area (TPSA) is 29.3 Å². The first-order valence-corrected chi connectivity index (χ1v) is 7.01. The van der Waals surface area contributed by atoms with Gasteiger partial charge < -0.3 is 10.6 Å². The SMILES string of the molecule is Cc1cc(N)c(N(C)c2cc(Br)cs2)cc1C. The van der Waals surface area contributed by atoms with E-state index >= 15 is 0 Å². The van der Waals surface area contributed by atoms with Gasteiger partial charge in [0, 0.05) is 16.9 Å². The van der Waals surface area contributed by atoms with E-state index < -0.39 is 0 Å². The lowest BCUT2D eigenvalue weighted by atomic mass is 10.1. The highest BCUT2D eigenvalue weighted by Gasteiger charge is 2.11. The maximum absolute atomic E-state index is 6.09. The predicted octanol–water partition coefficient (Wildman–Crippen LogP) is 4.48. The summed E-state index contributed by atoms with van der Waals surface area (Å²) in [5.74, 6) is 0. The van der Waals surface area contributed by atoms with Crippen LogP contribution in [-0.4, -0.2) is 7.05 Å². The summed E-state index contributed by atoms with van der Waals surface area (Å²) >= 11 is 5.16. The Kier molecular flexibility index (Phi) is 3.45. The van der Waals surface area contributed by atoms with Crippen molar-refractivity contribution in [3.8, 4) is 0 Å². The van der Waals surface area contributed by atoms with Crippen molar-refractivity contribution in [2.24, 2.45) is 0 Å². The van der Waals surface area contributed by atoms with Crippen LogP contribution in [0.2, 0.25) is 0 Å². The number of hydrogen-bond acceptors (Lipinski definition) is 3. The molecule has 0 saturated carbocycles. The summed E-state index contributed by atoms with van der Waals surface area (Å²) in [5, 5.41) is 3.25. The lowest BCUT2D eigenvalue weighted by Crippen LogP contribution is -2.10. The fourth-order valence-electron chi connectivity index (χ4n) is 1.71. The average Bonchev–Trinajstić information content (AvgIpc) is 2.69. The van der Waals surface area contributed by atoms with Gasteiger partial charge >= 0.3 is 0 Å². The standard InChI is InChI=1S/C13H15BrN2S/c1-8-4-11(15)12(5-9(8)2)16(3)13-6-10(14)7-17-13/h4-7H,15H2,1-3H3. The summed E-state index contributed by atoms with van der Waals surface area (Å²) in [6.45, 7) is 4.19. The van der Waals surface area contributed by atoms with E-state index in [1.54, 1.807) is 11.3 Å². The summed E-state index contributed by atoms with van der Waals surface area (Å²) in [6.07, 6.45) is 0. The number of nitrogens with two attached hydrogens (primary N) is 1. The Labute approximate surface area is 114 Å². The van der Waals surface area contributed by atoms with Crippen molar-refractivity contribution in [2.75, 3.05) is 17.7 Å². The van der Waals surface area contributed by atoms with Gasteiger partial charge in [0.05, 0.1) is 16.4 Å². The minimum absolute atomic E-state index is 0.820. The summed E-state index contributed by atoms with van der Waals surface area (Å²) < 4.78 is 1.10. The highest BCUT2D eigenvalue weighted by molar-refractivity contribution is 9.10. The number of benzene rings is 1. The van der Waals surface area contributed by atoms with E-state index in [0.717, 1.165) is 15.8 Å². The molecular weight excluding hydrogens is 296 g/mol. The Balaban J connectivity index is 2.43. The van der Waals surface area contributed by atoms with Crippen LogP contribution in [0.1, 0.15) is 11.1 Å². The molecule has 0 saturated heterocycles. The largest absolute Gasteiger partial charge is 0.397 e. The monoisotopic (exact) mass is 310 g/mol. The van der Waals surface area contributed by atoms with Crippen LogP contribution >= 0.6 is 27.3 Å². The van der Waals surface area contributed by atoms with Gasteiger partial charge in [-0.3, -0.25) is 0 Å². The molecule has 90 valence electrons. The fraction of sp³-hybridized carbons (Fsp3) is 0.231. The zero-order valence-electron chi connectivity index (χ0n) is 10.1. The van der Waals surface area contributed by atoms with Crippen molar-refractivity contribution < 1.29 is 0 Å². The van der Waals surface area contributed by atoms with Gasteiger partial charge in [0.25, 0.3) is 0 Å². The molecule has 0 bridgehead atoms. The van der Waals surface area contributed by atoms with Crippen LogP contribution in [0, 0.1) is 13.8 Å². The number of halogens is 1. The Morgan fingerprint density at radius 1 is 1.18 bits per heavy atom. The van der Waals surface area contributed by atoms with E-state index in [-0.39, 0.29) is 0 Å². The van der Waals surface area contributed by atoms with E-state index in [9.17, 15) is 0 Å². The number of anilines is 3. The molecule has 1 heterocycles. The van der Waals surface area contributed by atoms with E-state index in [1.165, 1.54) is 16.1 Å². The summed E-state index contributed by atoms with van der Waals surface area (Å²) in [5.41, 5.74) is 10.5. The first-order valence-electron chi connectivity index (χ1n) is 5.33. The molecule has 0 radical (unpaired) electrons. The van der Waals surface area contributed by atoms with Crippen LogP contribution in [0.4, 0.5) is 16.4 Å². The molecule has 2 nitrogen and oxygen atoms in total. The zero-order chi connectivity index (χ0) is 12.6. The second-order valence-corrected chi connectivity index (χ2v) is 5.96. The van der Waals surface area contributed by atoms with Crippen LogP contribution in [0.25, 0.3) is 0 Å². The zero-order valence-corrected chi connectivity index (χ0v) is 12.5. The van der Waals surface area contributed by atoms with Gasteiger partial charge in [-0.1, -0.05) is 0 Å². The van der Waals surface area contributed by atoms with Gasteiger partial charge in [0.2, 0.25) is 0 Å². The maximum atomic E-state index is 6.09. The van der Waals surface area contributed by atoms with Gasteiger partial charge in [-0.25, -0.2) is 0 Å². The van der Waals surface area contributed by atoms with Gasteiger partial charge in [-0.2, -0.15) is 0 Å². The number of hydrogen-bond donors (Lipinski definition) is 1. The maximum Gasteiger partial charge on any atom is 0.0962 e. The van der Waals surface area contributed by atoms with Crippen molar-refractivity contribution in [1.29, 1.82) is 0 Å². The number of nitrogens with zero attached hydrogens (tertiary/aromatic N) is 1. The van der Waals surface area contributed by atoms with Gasteiger partial charge in [0.15, 0.2) is 0 Å². The third-order valence-electron chi connectivity index (χ3n) is 2.89. The molecule has 0 fully saturated rings. The van der Waals surface area contributed by atoms with Crippen LogP contribution in [0.3, 0.4) is 0 Å². The van der Waals surface area contributed by atoms with E-state index in [2.05, 4.69) is 52.2 Å². The van der Waals surface area contributed by atoms with Gasteiger partial charge in [0.1, 0.15) is 0 Å². The Hall–Kier alpha value is -1.00. The quantitative estimate of drug-likeness (QED) is 0.829. The van der Waals surface area contributed by atoms with Crippen molar-refractivity contribution in [3.63, 3.8) is 0 Å². The molecule has 1 aromatic heterocycles. The number of nitrogen functional groups attached to an aromatic ring is 1. The van der Waals surface area contributed by atoms with E-state index in [4.69, 9.17) is 5.73 Å². The van der Waals surface area contributed by atoms with Crippen LogP contribution < -0.4 is 10.6 Å². The Morgan fingerprint density at radius 2 is 1.82 bits per heavy atom. The minimum atomic E-state index is 0.820. The number of rotatable bonds is 2. The first-order chi connectivity index (χ1) is 7.99. The molecule has 2 aromatic rings. The average molecular weight is 311 g/mol. The molecule has 0 aliphatic carbocycles. The number of aryl methyl sites for hydroxylation is 2. The third kappa shape index (κ3) is 2.48. The highest BCUT2D eigenvalue weighted by Crippen LogP contribution is 2.35. The molecule has 0 spiro atoms. The molecule has 0 unspecified atom stereocenters. The van der Waals surface area contributed by atoms with Gasteiger partial charge in [-0.15, -0.1) is 11.3 Å². The molecule has 17 heavy (non-hydrogen) atoms. The van der Waals surface area contributed by atoms with Crippen LogP contribution in [-0.2, 0) is 0 Å². The molecule has 2 N–H and O–H groups in total. The third-order valence-corrected chi connectivity index (χ3v) is 4.65. The van der Waals surface area contributed by atoms with Crippen molar-refractivity contribution in [2.45, 2.75) is 13.8 Å². The smallest absolute Gasteiger partial charge is 0.0962 e. The molecule has 0 atom stereocenters. The number of thiophene rings is 1. The second kappa shape index (κ2) is 4.70. The van der Waals surface area contributed by atoms with Crippen molar-refractivity contribution in [3.05, 3.63) is 39.2 Å². The van der Waals surface area contributed by atoms with E-state index in [1.807, 2.05) is 13.1 Å². The second-order valence-electron chi connectivity index (χ2n) is 4.16.